The third kappa shape index (κ3) is 3.11. The Hall–Kier alpha value is -2.61. The van der Waals surface area contributed by atoms with Gasteiger partial charge in [0.1, 0.15) is 5.75 Å². The van der Waals surface area contributed by atoms with Crippen molar-refractivity contribution in [2.24, 2.45) is 4.99 Å². The van der Waals surface area contributed by atoms with Gasteiger partial charge in [-0.1, -0.05) is 42.5 Å². The Morgan fingerprint density at radius 1 is 0.905 bits per heavy atom. The van der Waals surface area contributed by atoms with Crippen LogP contribution in [-0.2, 0) is 6.54 Å². The molecule has 0 aliphatic carbocycles. The van der Waals surface area contributed by atoms with Crippen molar-refractivity contribution in [2.45, 2.75) is 6.54 Å². The second-order valence-electron chi connectivity index (χ2n) is 4.88. The van der Waals surface area contributed by atoms with E-state index >= 15 is 0 Å². The van der Waals surface area contributed by atoms with Gasteiger partial charge in [0.15, 0.2) is 0 Å². The highest BCUT2D eigenvalue weighted by molar-refractivity contribution is 5.86. The van der Waals surface area contributed by atoms with Crippen LogP contribution in [0.3, 0.4) is 0 Å². The minimum atomic E-state index is 0.688. The Balaban J connectivity index is 1.78. The highest BCUT2D eigenvalue weighted by Gasteiger charge is 1.98. The molecule has 104 valence electrons. The third-order valence-corrected chi connectivity index (χ3v) is 3.50. The largest absolute Gasteiger partial charge is 0.497 e. The lowest BCUT2D eigenvalue weighted by Gasteiger charge is -2.03. The molecule has 0 atom stereocenters. The Morgan fingerprint density at radius 2 is 1.67 bits per heavy atom. The van der Waals surface area contributed by atoms with Crippen LogP contribution in [-0.4, -0.2) is 13.3 Å². The van der Waals surface area contributed by atoms with Gasteiger partial charge in [-0.05, 0) is 46.2 Å². The maximum Gasteiger partial charge on any atom is 0.118 e. The molecule has 21 heavy (non-hydrogen) atoms. The zero-order valence-electron chi connectivity index (χ0n) is 12.0. The van der Waals surface area contributed by atoms with E-state index in [-0.39, 0.29) is 0 Å². The van der Waals surface area contributed by atoms with E-state index in [1.807, 2.05) is 30.5 Å². The van der Waals surface area contributed by atoms with Gasteiger partial charge in [0, 0.05) is 6.21 Å². The van der Waals surface area contributed by atoms with Crippen molar-refractivity contribution < 1.29 is 4.74 Å². The van der Waals surface area contributed by atoms with Crippen molar-refractivity contribution in [3.8, 4) is 5.75 Å². The van der Waals surface area contributed by atoms with Gasteiger partial charge in [-0.2, -0.15) is 0 Å². The standard InChI is InChI=1S/C19H17NO/c1-21-18-11-9-15(10-12-18)13-20-14-17-7-4-6-16-5-2-3-8-19(16)17/h2-13H,14H2,1H3. The van der Waals surface area contributed by atoms with E-state index < -0.39 is 0 Å². The van der Waals surface area contributed by atoms with E-state index in [2.05, 4.69) is 47.5 Å². The monoisotopic (exact) mass is 275 g/mol. The molecule has 3 aromatic carbocycles. The van der Waals surface area contributed by atoms with Crippen molar-refractivity contribution in [1.82, 2.24) is 0 Å². The minimum Gasteiger partial charge on any atom is -0.497 e. The maximum atomic E-state index is 5.15. The fourth-order valence-corrected chi connectivity index (χ4v) is 2.37. The summed E-state index contributed by atoms with van der Waals surface area (Å²) in [6.45, 7) is 0.688. The van der Waals surface area contributed by atoms with Crippen LogP contribution >= 0.6 is 0 Å². The molecule has 0 unspecified atom stereocenters. The Bertz CT molecular complexity index is 755. The van der Waals surface area contributed by atoms with E-state index in [0.29, 0.717) is 6.54 Å². The SMILES string of the molecule is COc1ccc(C=NCc2cccc3ccccc23)cc1. The van der Waals surface area contributed by atoms with Gasteiger partial charge in [-0.25, -0.2) is 0 Å². The predicted octanol–water partition coefficient (Wildman–Crippen LogP) is 4.47. The molecule has 0 radical (unpaired) electrons. The lowest BCUT2D eigenvalue weighted by Crippen LogP contribution is -1.87. The van der Waals surface area contributed by atoms with Crippen molar-refractivity contribution >= 4 is 17.0 Å². The first kappa shape index (κ1) is 13.4. The maximum absolute atomic E-state index is 5.15. The van der Waals surface area contributed by atoms with E-state index in [0.717, 1.165) is 11.3 Å². The lowest BCUT2D eigenvalue weighted by atomic mass is 10.0. The molecule has 0 aromatic heterocycles. The van der Waals surface area contributed by atoms with Gasteiger partial charge < -0.3 is 4.74 Å². The Morgan fingerprint density at radius 3 is 2.48 bits per heavy atom. The molecule has 0 heterocycles. The fraction of sp³-hybridized carbons (Fsp3) is 0.105. The molecular weight excluding hydrogens is 258 g/mol. The summed E-state index contributed by atoms with van der Waals surface area (Å²) in [5.74, 6) is 0.862. The molecule has 0 saturated heterocycles. The molecule has 3 rings (SSSR count). The van der Waals surface area contributed by atoms with Crippen LogP contribution < -0.4 is 4.74 Å². The molecule has 0 N–H and O–H groups in total. The molecule has 0 aliphatic rings. The Kier molecular flexibility index (Phi) is 3.97. The number of nitrogens with zero attached hydrogens (tertiary/aromatic N) is 1. The summed E-state index contributed by atoms with van der Waals surface area (Å²) in [5, 5.41) is 2.53. The smallest absolute Gasteiger partial charge is 0.118 e. The minimum absolute atomic E-state index is 0.688. The second-order valence-corrected chi connectivity index (χ2v) is 4.88. The summed E-state index contributed by atoms with van der Waals surface area (Å²) in [4.78, 5) is 4.55. The third-order valence-electron chi connectivity index (χ3n) is 3.50. The molecule has 0 fully saturated rings. The molecule has 0 spiro atoms. The van der Waals surface area contributed by atoms with Crippen molar-refractivity contribution in [3.63, 3.8) is 0 Å². The zero-order valence-corrected chi connectivity index (χ0v) is 12.0. The number of rotatable bonds is 4. The molecule has 2 nitrogen and oxygen atoms in total. The number of benzene rings is 3. The van der Waals surface area contributed by atoms with Crippen LogP contribution in [0.15, 0.2) is 71.7 Å². The first-order chi connectivity index (χ1) is 10.4. The van der Waals surface area contributed by atoms with Crippen LogP contribution in [0.25, 0.3) is 10.8 Å². The average Bonchev–Trinajstić information content (AvgIpc) is 2.56. The van der Waals surface area contributed by atoms with E-state index in [4.69, 9.17) is 4.74 Å². The number of hydrogen-bond acceptors (Lipinski definition) is 2. The summed E-state index contributed by atoms with van der Waals surface area (Å²) >= 11 is 0. The first-order valence-electron chi connectivity index (χ1n) is 6.97. The van der Waals surface area contributed by atoms with E-state index in [1.54, 1.807) is 7.11 Å². The molecule has 0 saturated carbocycles. The summed E-state index contributed by atoms with van der Waals surface area (Å²) in [6, 6.07) is 22.7. The summed E-state index contributed by atoms with van der Waals surface area (Å²) in [7, 11) is 1.67. The number of fused-ring (bicyclic) bond motifs is 1. The second kappa shape index (κ2) is 6.23. The van der Waals surface area contributed by atoms with Crippen LogP contribution in [0.5, 0.6) is 5.75 Å². The highest BCUT2D eigenvalue weighted by Crippen LogP contribution is 2.19. The number of ether oxygens (including phenoxy) is 1. The molecule has 2 heteroatoms. The topological polar surface area (TPSA) is 21.6 Å². The highest BCUT2D eigenvalue weighted by atomic mass is 16.5. The van der Waals surface area contributed by atoms with Gasteiger partial charge in [0.25, 0.3) is 0 Å². The lowest BCUT2D eigenvalue weighted by molar-refractivity contribution is 0.415. The quantitative estimate of drug-likeness (QED) is 0.644. The number of aliphatic imine (C=N–C) groups is 1. The summed E-state index contributed by atoms with van der Waals surface area (Å²) in [6.07, 6.45) is 1.90. The van der Waals surface area contributed by atoms with Gasteiger partial charge >= 0.3 is 0 Å². The van der Waals surface area contributed by atoms with Crippen LogP contribution in [0, 0.1) is 0 Å². The average molecular weight is 275 g/mol. The summed E-state index contributed by atoms with van der Waals surface area (Å²) in [5.41, 5.74) is 2.33. The van der Waals surface area contributed by atoms with Gasteiger partial charge in [-0.3, -0.25) is 4.99 Å². The predicted molar refractivity (Wildman–Crippen MR) is 88.2 cm³/mol. The molecule has 0 amide bonds. The number of methoxy groups -OCH3 is 1. The first-order valence-corrected chi connectivity index (χ1v) is 6.97. The normalized spacial score (nSPS) is 11.1. The van der Waals surface area contributed by atoms with Gasteiger partial charge in [0.2, 0.25) is 0 Å². The molecule has 0 bridgehead atoms. The van der Waals surface area contributed by atoms with E-state index in [9.17, 15) is 0 Å². The molecule has 3 aromatic rings. The van der Waals surface area contributed by atoms with Crippen molar-refractivity contribution in [1.29, 1.82) is 0 Å². The van der Waals surface area contributed by atoms with Crippen LogP contribution in [0.4, 0.5) is 0 Å². The molecule has 0 aliphatic heterocycles. The fourth-order valence-electron chi connectivity index (χ4n) is 2.37. The van der Waals surface area contributed by atoms with Crippen LogP contribution in [0.1, 0.15) is 11.1 Å². The van der Waals surface area contributed by atoms with Crippen molar-refractivity contribution in [2.75, 3.05) is 7.11 Å². The Labute approximate surface area is 124 Å². The van der Waals surface area contributed by atoms with E-state index in [1.165, 1.54) is 16.3 Å². The van der Waals surface area contributed by atoms with Crippen molar-refractivity contribution in [3.05, 3.63) is 77.9 Å². The zero-order chi connectivity index (χ0) is 14.5. The number of hydrogen-bond donors (Lipinski definition) is 0. The van der Waals surface area contributed by atoms with Crippen LogP contribution in [0.2, 0.25) is 0 Å². The summed E-state index contributed by atoms with van der Waals surface area (Å²) < 4.78 is 5.15. The van der Waals surface area contributed by atoms with Gasteiger partial charge in [-0.15, -0.1) is 0 Å². The van der Waals surface area contributed by atoms with Gasteiger partial charge in [0.05, 0.1) is 13.7 Å². The molecular formula is C19H17NO.